The first-order valence-electron chi connectivity index (χ1n) is 10.3. The Balaban J connectivity index is 1.48. The van der Waals surface area contributed by atoms with Gasteiger partial charge in [-0.2, -0.15) is 0 Å². The molecule has 4 heterocycles. The molecule has 1 fully saturated rings. The van der Waals surface area contributed by atoms with E-state index in [4.69, 9.17) is 4.74 Å². The fraction of sp³-hybridized carbons (Fsp3) is 0.292. The van der Waals surface area contributed by atoms with Gasteiger partial charge in [0.05, 0.1) is 7.11 Å². The van der Waals surface area contributed by atoms with Crippen LogP contribution in [0, 0.1) is 0 Å². The average Bonchev–Trinajstić information content (AvgIpc) is 3.43. The number of rotatable bonds is 5. The number of likely N-dealkylation sites (tertiary alicyclic amines) is 1. The molecule has 1 saturated heterocycles. The zero-order valence-corrected chi connectivity index (χ0v) is 16.7. The van der Waals surface area contributed by atoms with Crippen molar-refractivity contribution in [3.63, 3.8) is 0 Å². The van der Waals surface area contributed by atoms with E-state index in [1.165, 1.54) is 48.2 Å². The van der Waals surface area contributed by atoms with Crippen molar-refractivity contribution >= 4 is 17.5 Å². The topological polar surface area (TPSA) is 53.2 Å². The number of aromatic amines is 1. The van der Waals surface area contributed by atoms with Gasteiger partial charge in [-0.3, -0.25) is 9.88 Å². The summed E-state index contributed by atoms with van der Waals surface area (Å²) in [7, 11) is 1.72. The predicted molar refractivity (Wildman–Crippen MR) is 118 cm³/mol. The molecule has 0 amide bonds. The first-order chi connectivity index (χ1) is 14.3. The third-order valence-electron chi connectivity index (χ3n) is 5.86. The summed E-state index contributed by atoms with van der Waals surface area (Å²) < 4.78 is 5.58. The number of pyridine rings is 1. The Labute approximate surface area is 171 Å². The Morgan fingerprint density at radius 2 is 1.97 bits per heavy atom. The van der Waals surface area contributed by atoms with Crippen molar-refractivity contribution < 1.29 is 4.74 Å². The Bertz CT molecular complexity index is 1050. The molecule has 0 spiro atoms. The van der Waals surface area contributed by atoms with Crippen molar-refractivity contribution in [2.24, 2.45) is 0 Å². The van der Waals surface area contributed by atoms with E-state index < -0.39 is 0 Å². The van der Waals surface area contributed by atoms with Crippen LogP contribution in [0.3, 0.4) is 0 Å². The maximum Gasteiger partial charge on any atom is 0.126 e. The van der Waals surface area contributed by atoms with Crippen LogP contribution < -0.4 is 10.1 Å². The average molecular weight is 386 g/mol. The van der Waals surface area contributed by atoms with Crippen molar-refractivity contribution in [3.8, 4) is 16.9 Å². The van der Waals surface area contributed by atoms with Crippen LogP contribution in [0.25, 0.3) is 22.8 Å². The number of anilines is 1. The summed E-state index contributed by atoms with van der Waals surface area (Å²) in [5, 5.41) is 3.53. The molecule has 2 aliphatic rings. The molecule has 2 aliphatic heterocycles. The summed E-state index contributed by atoms with van der Waals surface area (Å²) in [4.78, 5) is 10.4. The lowest BCUT2D eigenvalue weighted by molar-refractivity contribution is 0.331. The molecule has 0 unspecified atom stereocenters. The third-order valence-corrected chi connectivity index (χ3v) is 5.86. The number of benzene rings is 1. The van der Waals surface area contributed by atoms with Gasteiger partial charge in [0.2, 0.25) is 0 Å². The quantitative estimate of drug-likeness (QED) is 0.670. The maximum atomic E-state index is 5.58. The number of methoxy groups -OCH3 is 1. The number of para-hydroxylation sites is 1. The second kappa shape index (κ2) is 7.76. The maximum absolute atomic E-state index is 5.58. The number of ether oxygens (including phenoxy) is 1. The molecule has 148 valence electrons. The van der Waals surface area contributed by atoms with Crippen LogP contribution in [0.2, 0.25) is 0 Å². The fourth-order valence-electron chi connectivity index (χ4n) is 4.36. The molecular formula is C24H26N4O. The molecule has 2 N–H and O–H groups in total. The zero-order valence-electron chi connectivity index (χ0n) is 16.7. The lowest BCUT2D eigenvalue weighted by Crippen LogP contribution is -2.18. The highest BCUT2D eigenvalue weighted by atomic mass is 16.5. The molecule has 0 saturated carbocycles. The molecule has 5 nitrogen and oxygen atoms in total. The standard InChI is InChI=1S/C24H26N4O/c1-29-23-7-3-2-6-20(23)22-15-27-24-21(22)11-19(14-26-24)18-10-17(12-25-13-18)16-28-8-4-5-9-28/h2-3,6-7,10-13,15,26-27H,4-5,8-9,14,16H2,1H3. The van der Waals surface area contributed by atoms with Crippen LogP contribution in [0.15, 0.2) is 48.9 Å². The summed E-state index contributed by atoms with van der Waals surface area (Å²) in [5.74, 6) is 1.93. The second-order valence-electron chi connectivity index (χ2n) is 7.78. The monoisotopic (exact) mass is 386 g/mol. The van der Waals surface area contributed by atoms with Crippen molar-refractivity contribution in [1.82, 2.24) is 14.9 Å². The van der Waals surface area contributed by atoms with Crippen molar-refractivity contribution in [2.45, 2.75) is 19.4 Å². The van der Waals surface area contributed by atoms with Crippen LogP contribution in [0.5, 0.6) is 5.75 Å². The largest absolute Gasteiger partial charge is 0.496 e. The lowest BCUT2D eigenvalue weighted by atomic mass is 9.96. The van der Waals surface area contributed by atoms with Crippen LogP contribution in [0.1, 0.15) is 29.5 Å². The molecule has 29 heavy (non-hydrogen) atoms. The van der Waals surface area contributed by atoms with Crippen LogP contribution in [-0.4, -0.2) is 41.6 Å². The summed E-state index contributed by atoms with van der Waals surface area (Å²) in [5.41, 5.74) is 7.13. The zero-order chi connectivity index (χ0) is 19.6. The molecule has 3 aromatic rings. The summed E-state index contributed by atoms with van der Waals surface area (Å²) in [6, 6.07) is 10.4. The second-order valence-corrected chi connectivity index (χ2v) is 7.78. The Hall–Kier alpha value is -3.05. The van der Waals surface area contributed by atoms with Gasteiger partial charge in [-0.25, -0.2) is 0 Å². The molecule has 1 aromatic carbocycles. The van der Waals surface area contributed by atoms with Gasteiger partial charge < -0.3 is 15.0 Å². The van der Waals surface area contributed by atoms with E-state index in [1.807, 2.05) is 30.6 Å². The third kappa shape index (κ3) is 3.54. The highest BCUT2D eigenvalue weighted by Crippen LogP contribution is 2.39. The van der Waals surface area contributed by atoms with Crippen molar-refractivity contribution in [1.29, 1.82) is 0 Å². The summed E-state index contributed by atoms with van der Waals surface area (Å²) in [6.45, 7) is 4.17. The van der Waals surface area contributed by atoms with E-state index in [9.17, 15) is 0 Å². The number of nitrogens with zero attached hydrogens (tertiary/aromatic N) is 2. The molecule has 0 bridgehead atoms. The molecule has 0 radical (unpaired) electrons. The number of aromatic nitrogens is 2. The molecule has 0 aliphatic carbocycles. The first kappa shape index (κ1) is 18.0. The number of fused-ring (bicyclic) bond motifs is 1. The summed E-state index contributed by atoms with van der Waals surface area (Å²) >= 11 is 0. The van der Waals surface area contributed by atoms with E-state index in [2.05, 4.69) is 44.6 Å². The minimum absolute atomic E-state index is 0.785. The lowest BCUT2D eigenvalue weighted by Gasteiger charge is -2.19. The molecule has 2 aromatic heterocycles. The van der Waals surface area contributed by atoms with E-state index in [-0.39, 0.29) is 0 Å². The highest BCUT2D eigenvalue weighted by Gasteiger charge is 2.20. The predicted octanol–water partition coefficient (Wildman–Crippen LogP) is 4.65. The van der Waals surface area contributed by atoms with E-state index in [0.717, 1.165) is 35.8 Å². The van der Waals surface area contributed by atoms with Crippen LogP contribution in [-0.2, 0) is 6.54 Å². The van der Waals surface area contributed by atoms with Gasteiger partial charge in [-0.1, -0.05) is 18.2 Å². The normalized spacial score (nSPS) is 16.2. The van der Waals surface area contributed by atoms with Gasteiger partial charge in [-0.15, -0.1) is 0 Å². The van der Waals surface area contributed by atoms with E-state index >= 15 is 0 Å². The molecule has 0 atom stereocenters. The van der Waals surface area contributed by atoms with Crippen molar-refractivity contribution in [3.05, 3.63) is 65.6 Å². The molecule has 5 rings (SSSR count). The van der Waals surface area contributed by atoms with Gasteiger partial charge in [0, 0.05) is 48.4 Å². The molecular weight excluding hydrogens is 360 g/mol. The minimum atomic E-state index is 0.785. The highest BCUT2D eigenvalue weighted by molar-refractivity contribution is 5.96. The van der Waals surface area contributed by atoms with Crippen LogP contribution >= 0.6 is 0 Å². The van der Waals surface area contributed by atoms with Gasteiger partial charge in [-0.05, 0) is 60.8 Å². The fourth-order valence-corrected chi connectivity index (χ4v) is 4.36. The summed E-state index contributed by atoms with van der Waals surface area (Å²) in [6.07, 6.45) is 10.9. The van der Waals surface area contributed by atoms with Crippen LogP contribution in [0.4, 0.5) is 5.82 Å². The molecule has 5 heteroatoms. The number of nitrogens with one attached hydrogen (secondary N) is 2. The minimum Gasteiger partial charge on any atom is -0.496 e. The Morgan fingerprint density at radius 3 is 2.83 bits per heavy atom. The Morgan fingerprint density at radius 1 is 1.10 bits per heavy atom. The Kier molecular flexibility index (Phi) is 4.82. The number of hydrogen-bond donors (Lipinski definition) is 2. The van der Waals surface area contributed by atoms with E-state index in [0.29, 0.717) is 0 Å². The van der Waals surface area contributed by atoms with Gasteiger partial charge in [0.1, 0.15) is 11.6 Å². The number of H-pyrrole nitrogens is 1. The first-order valence-corrected chi connectivity index (χ1v) is 10.3. The van der Waals surface area contributed by atoms with Gasteiger partial charge in [0.15, 0.2) is 0 Å². The SMILES string of the molecule is COc1ccccc1-c1c[nH]c2c1C=C(c1cncc(CN3CCCC3)c1)CN2. The van der Waals surface area contributed by atoms with E-state index in [1.54, 1.807) is 7.11 Å². The van der Waals surface area contributed by atoms with Gasteiger partial charge >= 0.3 is 0 Å². The smallest absolute Gasteiger partial charge is 0.126 e. The van der Waals surface area contributed by atoms with Crippen molar-refractivity contribution in [2.75, 3.05) is 32.1 Å². The van der Waals surface area contributed by atoms with Gasteiger partial charge in [0.25, 0.3) is 0 Å². The number of hydrogen-bond acceptors (Lipinski definition) is 4.